The molecule has 144 valence electrons. The zero-order valence-electron chi connectivity index (χ0n) is 15.5. The quantitative estimate of drug-likeness (QED) is 0.756. The number of pyridine rings is 1. The van der Waals surface area contributed by atoms with Crippen LogP contribution in [0.3, 0.4) is 0 Å². The average Bonchev–Trinajstić information content (AvgIpc) is 2.70. The summed E-state index contributed by atoms with van der Waals surface area (Å²) in [6, 6.07) is 7.28. The number of carbonyl (C=O) groups excluding carboxylic acids is 1. The van der Waals surface area contributed by atoms with E-state index in [2.05, 4.69) is 4.98 Å². The van der Waals surface area contributed by atoms with Crippen LogP contribution in [0.5, 0.6) is 17.2 Å². The molecule has 1 atom stereocenters. The van der Waals surface area contributed by atoms with Gasteiger partial charge in [-0.05, 0) is 30.5 Å². The summed E-state index contributed by atoms with van der Waals surface area (Å²) >= 11 is 6.11. The molecule has 0 spiro atoms. The number of likely N-dealkylation sites (tertiary alicyclic amines) is 1. The average molecular weight is 391 g/mol. The Kier molecular flexibility index (Phi) is 6.40. The molecule has 1 aromatic heterocycles. The normalized spacial score (nSPS) is 16.7. The fourth-order valence-electron chi connectivity index (χ4n) is 3.18. The summed E-state index contributed by atoms with van der Waals surface area (Å²) in [5.74, 6) is 1.94. The highest BCUT2D eigenvalue weighted by Crippen LogP contribution is 2.28. The summed E-state index contributed by atoms with van der Waals surface area (Å²) in [6.07, 6.45) is 5.21. The van der Waals surface area contributed by atoms with Gasteiger partial charge in [-0.25, -0.2) is 0 Å². The maximum Gasteiger partial charge on any atom is 0.227 e. The van der Waals surface area contributed by atoms with Gasteiger partial charge in [-0.2, -0.15) is 0 Å². The predicted molar refractivity (Wildman–Crippen MR) is 103 cm³/mol. The maximum absolute atomic E-state index is 12.7. The summed E-state index contributed by atoms with van der Waals surface area (Å²) in [5.41, 5.74) is 0.887. The number of piperidine rings is 1. The van der Waals surface area contributed by atoms with Crippen molar-refractivity contribution >= 4 is 17.5 Å². The molecule has 0 saturated carbocycles. The summed E-state index contributed by atoms with van der Waals surface area (Å²) in [6.45, 7) is 1.28. The number of hydrogen-bond acceptors (Lipinski definition) is 5. The second-order valence-electron chi connectivity index (χ2n) is 6.39. The fraction of sp³-hybridized carbons (Fsp3) is 0.400. The molecular formula is C20H23ClN2O4. The van der Waals surface area contributed by atoms with Gasteiger partial charge in [0, 0.05) is 25.0 Å². The smallest absolute Gasteiger partial charge is 0.227 e. The van der Waals surface area contributed by atoms with Crippen LogP contribution in [0.1, 0.15) is 18.4 Å². The molecule has 0 N–H and O–H groups in total. The Balaban J connectivity index is 1.62. The first kappa shape index (κ1) is 19.3. The molecule has 0 radical (unpaired) electrons. The van der Waals surface area contributed by atoms with Crippen LogP contribution in [0, 0.1) is 0 Å². The van der Waals surface area contributed by atoms with Crippen molar-refractivity contribution in [3.8, 4) is 17.2 Å². The van der Waals surface area contributed by atoms with E-state index < -0.39 is 0 Å². The Morgan fingerprint density at radius 2 is 2.04 bits per heavy atom. The van der Waals surface area contributed by atoms with Crippen molar-refractivity contribution < 1.29 is 19.0 Å². The zero-order chi connectivity index (χ0) is 19.2. The lowest BCUT2D eigenvalue weighted by Gasteiger charge is -2.33. The summed E-state index contributed by atoms with van der Waals surface area (Å²) in [4.78, 5) is 18.6. The lowest BCUT2D eigenvalue weighted by molar-refractivity contribution is -0.133. The summed E-state index contributed by atoms with van der Waals surface area (Å²) < 4.78 is 16.5. The highest BCUT2D eigenvalue weighted by molar-refractivity contribution is 6.31. The van der Waals surface area contributed by atoms with Crippen molar-refractivity contribution in [3.63, 3.8) is 0 Å². The topological polar surface area (TPSA) is 60.9 Å². The molecule has 3 rings (SSSR count). The van der Waals surface area contributed by atoms with Crippen LogP contribution in [-0.4, -0.2) is 49.2 Å². The van der Waals surface area contributed by atoms with Gasteiger partial charge in [0.25, 0.3) is 0 Å². The minimum atomic E-state index is -0.0759. The third kappa shape index (κ3) is 4.83. The summed E-state index contributed by atoms with van der Waals surface area (Å²) in [5, 5.41) is 0.478. The Morgan fingerprint density at radius 1 is 1.22 bits per heavy atom. The van der Waals surface area contributed by atoms with Gasteiger partial charge in [0.2, 0.25) is 5.91 Å². The van der Waals surface area contributed by atoms with E-state index in [1.165, 1.54) is 0 Å². The molecule has 1 saturated heterocycles. The van der Waals surface area contributed by atoms with E-state index in [-0.39, 0.29) is 12.0 Å². The maximum atomic E-state index is 12.7. The third-order valence-electron chi connectivity index (χ3n) is 4.56. The molecule has 2 aromatic rings. The number of carbonyl (C=O) groups is 1. The van der Waals surface area contributed by atoms with Crippen LogP contribution in [0.4, 0.5) is 0 Å². The molecule has 1 aliphatic heterocycles. The molecule has 1 aliphatic rings. The van der Waals surface area contributed by atoms with Gasteiger partial charge in [-0.15, -0.1) is 0 Å². The van der Waals surface area contributed by atoms with Crippen LogP contribution < -0.4 is 14.2 Å². The first-order valence-electron chi connectivity index (χ1n) is 8.85. The number of ether oxygens (including phenoxy) is 3. The van der Waals surface area contributed by atoms with Crippen molar-refractivity contribution in [1.82, 2.24) is 9.88 Å². The van der Waals surface area contributed by atoms with Crippen molar-refractivity contribution in [2.24, 2.45) is 0 Å². The minimum Gasteiger partial charge on any atom is -0.493 e. The van der Waals surface area contributed by atoms with Gasteiger partial charge in [0.05, 0.1) is 27.2 Å². The molecule has 6 nitrogen and oxygen atoms in total. The van der Waals surface area contributed by atoms with Gasteiger partial charge >= 0.3 is 0 Å². The first-order valence-corrected chi connectivity index (χ1v) is 9.23. The lowest BCUT2D eigenvalue weighted by Crippen LogP contribution is -2.45. The van der Waals surface area contributed by atoms with E-state index in [4.69, 9.17) is 25.8 Å². The standard InChI is InChI=1S/C20H23ClN2O4/c1-25-18-6-5-14(10-19(18)26-2)11-20(24)23-9-3-4-15(13-23)27-17-7-8-22-12-16(17)21/h5-8,10,12,15H,3-4,9,11,13H2,1-2H3/t15-/m0/s1. The monoisotopic (exact) mass is 390 g/mol. The largest absolute Gasteiger partial charge is 0.493 e. The van der Waals surface area contributed by atoms with Gasteiger partial charge in [-0.1, -0.05) is 17.7 Å². The zero-order valence-corrected chi connectivity index (χ0v) is 16.2. The minimum absolute atomic E-state index is 0.0661. The second-order valence-corrected chi connectivity index (χ2v) is 6.80. The Labute approximate surface area is 164 Å². The van der Waals surface area contributed by atoms with Crippen LogP contribution in [-0.2, 0) is 11.2 Å². The molecular weight excluding hydrogens is 368 g/mol. The highest BCUT2D eigenvalue weighted by Gasteiger charge is 2.25. The molecule has 27 heavy (non-hydrogen) atoms. The van der Waals surface area contributed by atoms with E-state index in [1.54, 1.807) is 32.7 Å². The summed E-state index contributed by atoms with van der Waals surface area (Å²) in [7, 11) is 3.17. The van der Waals surface area contributed by atoms with E-state index in [0.717, 1.165) is 24.9 Å². The molecule has 1 fully saturated rings. The van der Waals surface area contributed by atoms with E-state index in [1.807, 2.05) is 23.1 Å². The SMILES string of the molecule is COc1ccc(CC(=O)N2CCC[C@H](Oc3ccncc3Cl)C2)cc1OC. The van der Waals surface area contributed by atoms with E-state index in [9.17, 15) is 4.79 Å². The number of halogens is 1. The number of methoxy groups -OCH3 is 2. The molecule has 0 aliphatic carbocycles. The molecule has 0 bridgehead atoms. The van der Waals surface area contributed by atoms with Crippen LogP contribution in [0.15, 0.2) is 36.7 Å². The van der Waals surface area contributed by atoms with Crippen molar-refractivity contribution in [2.75, 3.05) is 27.3 Å². The Bertz CT molecular complexity index is 799. The lowest BCUT2D eigenvalue weighted by atomic mass is 10.1. The van der Waals surface area contributed by atoms with E-state index >= 15 is 0 Å². The Hall–Kier alpha value is -2.47. The number of benzene rings is 1. The number of amides is 1. The molecule has 1 aromatic carbocycles. The first-order chi connectivity index (χ1) is 13.1. The van der Waals surface area contributed by atoms with Gasteiger partial charge in [-0.3, -0.25) is 9.78 Å². The Morgan fingerprint density at radius 3 is 2.78 bits per heavy atom. The van der Waals surface area contributed by atoms with Crippen LogP contribution in [0.2, 0.25) is 5.02 Å². The predicted octanol–water partition coefficient (Wildman–Crippen LogP) is 3.36. The number of nitrogens with zero attached hydrogens (tertiary/aromatic N) is 2. The van der Waals surface area contributed by atoms with Gasteiger partial charge < -0.3 is 19.1 Å². The van der Waals surface area contributed by atoms with Gasteiger partial charge in [0.15, 0.2) is 11.5 Å². The van der Waals surface area contributed by atoms with E-state index in [0.29, 0.717) is 35.2 Å². The highest BCUT2D eigenvalue weighted by atomic mass is 35.5. The third-order valence-corrected chi connectivity index (χ3v) is 4.85. The number of aromatic nitrogens is 1. The van der Waals surface area contributed by atoms with Crippen molar-refractivity contribution in [3.05, 3.63) is 47.2 Å². The van der Waals surface area contributed by atoms with Gasteiger partial charge in [0.1, 0.15) is 16.9 Å². The number of hydrogen-bond donors (Lipinski definition) is 0. The van der Waals surface area contributed by atoms with Crippen LogP contribution >= 0.6 is 11.6 Å². The fourth-order valence-corrected chi connectivity index (χ4v) is 3.34. The molecule has 7 heteroatoms. The molecule has 1 amide bonds. The van der Waals surface area contributed by atoms with Crippen molar-refractivity contribution in [2.45, 2.75) is 25.4 Å². The number of rotatable bonds is 6. The second kappa shape index (κ2) is 8.95. The van der Waals surface area contributed by atoms with Crippen LogP contribution in [0.25, 0.3) is 0 Å². The molecule has 2 heterocycles. The molecule has 0 unspecified atom stereocenters. The van der Waals surface area contributed by atoms with Crippen molar-refractivity contribution in [1.29, 1.82) is 0 Å².